The van der Waals surface area contributed by atoms with Gasteiger partial charge in [-0.2, -0.15) is 0 Å². The van der Waals surface area contributed by atoms with Gasteiger partial charge in [-0.1, -0.05) is 26.7 Å². The molecule has 3 heteroatoms. The third-order valence-corrected chi connectivity index (χ3v) is 4.61. The fraction of sp³-hybridized carbons (Fsp3) is 0.765. The van der Waals surface area contributed by atoms with Crippen LogP contribution in [0, 0.1) is 5.92 Å². The van der Waals surface area contributed by atoms with E-state index in [0.29, 0.717) is 6.04 Å². The van der Waals surface area contributed by atoms with Gasteiger partial charge in [0.25, 0.3) is 0 Å². The third-order valence-electron chi connectivity index (χ3n) is 4.61. The van der Waals surface area contributed by atoms with Crippen molar-refractivity contribution < 1.29 is 4.42 Å². The molecule has 0 spiro atoms. The highest BCUT2D eigenvalue weighted by Gasteiger charge is 2.25. The first-order valence-corrected chi connectivity index (χ1v) is 8.18. The van der Waals surface area contributed by atoms with Gasteiger partial charge in [-0.05, 0) is 44.8 Å². The van der Waals surface area contributed by atoms with Gasteiger partial charge in [0.15, 0.2) is 0 Å². The minimum Gasteiger partial charge on any atom is -0.468 e. The topological polar surface area (TPSA) is 28.4 Å². The molecule has 1 fully saturated rings. The maximum atomic E-state index is 5.71. The number of furan rings is 1. The Morgan fingerprint density at radius 1 is 1.35 bits per heavy atom. The Bertz CT molecular complexity index is 388. The third kappa shape index (κ3) is 4.10. The Morgan fingerprint density at radius 2 is 2.15 bits per heavy atom. The SMILES string of the molecule is CCCNCc1ccoc1CN(C)C1CCCCC1C. The van der Waals surface area contributed by atoms with Crippen molar-refractivity contribution in [2.45, 2.75) is 65.1 Å². The van der Waals surface area contributed by atoms with Crippen LogP contribution in [0.3, 0.4) is 0 Å². The second kappa shape index (κ2) is 7.84. The summed E-state index contributed by atoms with van der Waals surface area (Å²) in [5.41, 5.74) is 1.31. The summed E-state index contributed by atoms with van der Waals surface area (Å²) in [6, 6.07) is 2.82. The zero-order valence-electron chi connectivity index (χ0n) is 13.3. The fourth-order valence-electron chi connectivity index (χ4n) is 3.36. The lowest BCUT2D eigenvalue weighted by Crippen LogP contribution is -2.38. The van der Waals surface area contributed by atoms with Crippen LogP contribution in [0.1, 0.15) is 57.3 Å². The Kier molecular flexibility index (Phi) is 6.11. The molecule has 0 saturated heterocycles. The Morgan fingerprint density at radius 3 is 2.90 bits per heavy atom. The van der Waals surface area contributed by atoms with E-state index >= 15 is 0 Å². The Balaban J connectivity index is 1.90. The van der Waals surface area contributed by atoms with Crippen molar-refractivity contribution in [3.8, 4) is 0 Å². The van der Waals surface area contributed by atoms with Gasteiger partial charge in [0.1, 0.15) is 5.76 Å². The Hall–Kier alpha value is -0.800. The first-order chi connectivity index (χ1) is 9.72. The van der Waals surface area contributed by atoms with Gasteiger partial charge < -0.3 is 9.73 Å². The summed E-state index contributed by atoms with van der Waals surface area (Å²) in [5, 5.41) is 3.46. The molecular weight excluding hydrogens is 248 g/mol. The maximum Gasteiger partial charge on any atom is 0.122 e. The minimum atomic E-state index is 0.713. The first kappa shape index (κ1) is 15.6. The van der Waals surface area contributed by atoms with E-state index in [9.17, 15) is 0 Å². The molecule has 0 amide bonds. The van der Waals surface area contributed by atoms with Crippen LogP contribution in [-0.4, -0.2) is 24.5 Å². The molecule has 1 heterocycles. The minimum absolute atomic E-state index is 0.713. The van der Waals surface area contributed by atoms with Crippen molar-refractivity contribution in [3.63, 3.8) is 0 Å². The number of hydrogen-bond donors (Lipinski definition) is 1. The predicted molar refractivity (Wildman–Crippen MR) is 83.6 cm³/mol. The van der Waals surface area contributed by atoms with E-state index in [1.807, 2.05) is 6.26 Å². The molecule has 0 bridgehead atoms. The van der Waals surface area contributed by atoms with Crippen LogP contribution in [0.2, 0.25) is 0 Å². The van der Waals surface area contributed by atoms with Gasteiger partial charge in [-0.25, -0.2) is 0 Å². The molecule has 2 atom stereocenters. The van der Waals surface area contributed by atoms with E-state index in [2.05, 4.69) is 37.2 Å². The standard InChI is InChI=1S/C17H30N2O/c1-4-10-18-12-15-9-11-20-17(15)13-19(3)16-8-6-5-7-14(16)2/h9,11,14,16,18H,4-8,10,12-13H2,1-3H3. The summed E-state index contributed by atoms with van der Waals surface area (Å²) in [5.74, 6) is 1.94. The van der Waals surface area contributed by atoms with Crippen LogP contribution in [0.15, 0.2) is 16.7 Å². The molecular formula is C17H30N2O. The summed E-state index contributed by atoms with van der Waals surface area (Å²) in [7, 11) is 2.25. The van der Waals surface area contributed by atoms with Crippen LogP contribution in [0.4, 0.5) is 0 Å². The van der Waals surface area contributed by atoms with Crippen LogP contribution >= 0.6 is 0 Å². The molecule has 1 aromatic heterocycles. The van der Waals surface area contributed by atoms with E-state index in [1.165, 1.54) is 37.7 Å². The second-order valence-corrected chi connectivity index (χ2v) is 6.29. The molecule has 1 N–H and O–H groups in total. The summed E-state index contributed by atoms with van der Waals surface area (Å²) in [4.78, 5) is 2.49. The zero-order chi connectivity index (χ0) is 14.4. The van der Waals surface area contributed by atoms with E-state index in [0.717, 1.165) is 31.3 Å². The fourth-order valence-corrected chi connectivity index (χ4v) is 3.36. The number of nitrogens with one attached hydrogen (secondary N) is 1. The molecule has 2 rings (SSSR count). The lowest BCUT2D eigenvalue weighted by Gasteiger charge is -2.36. The molecule has 1 aromatic rings. The number of rotatable bonds is 7. The molecule has 1 aliphatic carbocycles. The van der Waals surface area contributed by atoms with Crippen LogP contribution in [0.5, 0.6) is 0 Å². The number of nitrogens with zero attached hydrogens (tertiary/aromatic N) is 1. The summed E-state index contributed by atoms with van der Waals surface area (Å²) < 4.78 is 5.71. The normalized spacial score (nSPS) is 23.4. The van der Waals surface area contributed by atoms with Gasteiger partial charge in [0.05, 0.1) is 12.8 Å². The van der Waals surface area contributed by atoms with E-state index in [4.69, 9.17) is 4.42 Å². The van der Waals surface area contributed by atoms with E-state index in [1.54, 1.807) is 0 Å². The van der Waals surface area contributed by atoms with Crippen molar-refractivity contribution >= 4 is 0 Å². The largest absolute Gasteiger partial charge is 0.468 e. The van der Waals surface area contributed by atoms with Crippen LogP contribution in [-0.2, 0) is 13.1 Å². The maximum absolute atomic E-state index is 5.71. The number of hydrogen-bond acceptors (Lipinski definition) is 3. The highest BCUT2D eigenvalue weighted by Crippen LogP contribution is 2.28. The lowest BCUT2D eigenvalue weighted by molar-refractivity contribution is 0.125. The molecule has 0 radical (unpaired) electrons. The quantitative estimate of drug-likeness (QED) is 0.769. The molecule has 1 aliphatic rings. The van der Waals surface area contributed by atoms with E-state index < -0.39 is 0 Å². The Labute approximate surface area is 123 Å². The van der Waals surface area contributed by atoms with Crippen molar-refractivity contribution in [1.29, 1.82) is 0 Å². The lowest BCUT2D eigenvalue weighted by atomic mass is 9.85. The average Bonchev–Trinajstić information content (AvgIpc) is 2.87. The summed E-state index contributed by atoms with van der Waals surface area (Å²) in [6.45, 7) is 7.52. The first-order valence-electron chi connectivity index (χ1n) is 8.18. The van der Waals surface area contributed by atoms with Crippen molar-refractivity contribution in [2.75, 3.05) is 13.6 Å². The van der Waals surface area contributed by atoms with Crippen LogP contribution < -0.4 is 5.32 Å². The van der Waals surface area contributed by atoms with Gasteiger partial charge in [-0.3, -0.25) is 4.90 Å². The summed E-state index contributed by atoms with van der Waals surface area (Å²) >= 11 is 0. The molecule has 3 nitrogen and oxygen atoms in total. The van der Waals surface area contributed by atoms with Crippen molar-refractivity contribution in [2.24, 2.45) is 5.92 Å². The zero-order valence-corrected chi connectivity index (χ0v) is 13.3. The monoisotopic (exact) mass is 278 g/mol. The van der Waals surface area contributed by atoms with Gasteiger partial charge in [0.2, 0.25) is 0 Å². The van der Waals surface area contributed by atoms with Crippen LogP contribution in [0.25, 0.3) is 0 Å². The van der Waals surface area contributed by atoms with Crippen molar-refractivity contribution in [3.05, 3.63) is 23.7 Å². The van der Waals surface area contributed by atoms with Gasteiger partial charge in [-0.15, -0.1) is 0 Å². The molecule has 20 heavy (non-hydrogen) atoms. The predicted octanol–water partition coefficient (Wildman–Crippen LogP) is 3.79. The molecule has 1 saturated carbocycles. The van der Waals surface area contributed by atoms with Crippen molar-refractivity contribution in [1.82, 2.24) is 10.2 Å². The smallest absolute Gasteiger partial charge is 0.122 e. The summed E-state index contributed by atoms with van der Waals surface area (Å²) in [6.07, 6.45) is 8.49. The molecule has 0 aliphatic heterocycles. The highest BCUT2D eigenvalue weighted by atomic mass is 16.3. The highest BCUT2D eigenvalue weighted by molar-refractivity contribution is 5.17. The second-order valence-electron chi connectivity index (χ2n) is 6.29. The van der Waals surface area contributed by atoms with Gasteiger partial charge in [0, 0.05) is 18.2 Å². The van der Waals surface area contributed by atoms with E-state index in [-0.39, 0.29) is 0 Å². The molecule has 114 valence electrons. The molecule has 0 aromatic carbocycles. The average molecular weight is 278 g/mol. The molecule has 2 unspecified atom stereocenters. The van der Waals surface area contributed by atoms with Gasteiger partial charge >= 0.3 is 0 Å².